The van der Waals surface area contributed by atoms with Gasteiger partial charge in [0.2, 0.25) is 0 Å². The number of nitrogens with one attached hydrogen (secondary N) is 2. The monoisotopic (exact) mass is 560 g/mol. The van der Waals surface area contributed by atoms with Gasteiger partial charge in [-0.05, 0) is 44.7 Å². The molecule has 0 radical (unpaired) electrons. The Hall–Kier alpha value is -1.59. The smallest absolute Gasteiger partial charge is 0.410 e. The number of carbonyl (C=O) groups is 1. The number of halogens is 1. The molecule has 2 fully saturated rings. The average Bonchev–Trinajstić information content (AvgIpc) is 2.70. The van der Waals surface area contributed by atoms with Gasteiger partial charge in [0, 0.05) is 39.9 Å². The zero-order chi connectivity index (χ0) is 22.3. The molecule has 0 aliphatic carbocycles. The van der Waals surface area contributed by atoms with Crippen molar-refractivity contribution in [1.82, 2.24) is 15.5 Å². The largest absolute Gasteiger partial charge is 0.444 e. The lowest BCUT2D eigenvalue weighted by molar-refractivity contribution is -0.0390. The third-order valence-corrected chi connectivity index (χ3v) is 5.20. The van der Waals surface area contributed by atoms with E-state index in [1.165, 1.54) is 11.1 Å². The van der Waals surface area contributed by atoms with Gasteiger partial charge in [0.05, 0.1) is 18.8 Å². The highest BCUT2D eigenvalue weighted by Crippen LogP contribution is 2.16. The average molecular weight is 560 g/mol. The minimum Gasteiger partial charge on any atom is -0.444 e. The highest BCUT2D eigenvalue weighted by Gasteiger charge is 2.34. The maximum absolute atomic E-state index is 12.1. The van der Waals surface area contributed by atoms with Gasteiger partial charge in [-0.3, -0.25) is 4.99 Å². The first-order valence-corrected chi connectivity index (χ1v) is 11.0. The second kappa shape index (κ2) is 12.6. The molecule has 2 N–H and O–H groups in total. The van der Waals surface area contributed by atoms with Crippen LogP contribution in [0.2, 0.25) is 0 Å². The summed E-state index contributed by atoms with van der Waals surface area (Å²) in [7, 11) is 1.75. The van der Waals surface area contributed by atoms with E-state index in [2.05, 4.69) is 39.9 Å². The minimum absolute atomic E-state index is 0. The molecule has 3 rings (SSSR count). The van der Waals surface area contributed by atoms with E-state index >= 15 is 0 Å². The van der Waals surface area contributed by atoms with Crippen molar-refractivity contribution >= 4 is 36.0 Å². The molecule has 1 amide bonds. The molecule has 0 atom stereocenters. The third-order valence-electron chi connectivity index (χ3n) is 5.20. The lowest BCUT2D eigenvalue weighted by atomic mass is 10.1. The Kier molecular flexibility index (Phi) is 10.5. The normalized spacial score (nSPS) is 17.9. The van der Waals surface area contributed by atoms with Gasteiger partial charge in [-0.1, -0.05) is 24.3 Å². The van der Waals surface area contributed by atoms with Crippen LogP contribution in [0.15, 0.2) is 29.3 Å². The second-order valence-corrected chi connectivity index (χ2v) is 9.10. The Balaban J connectivity index is 0.00000363. The standard InChI is InChI=1S/C23H36N4O4.HI/c1-23(2,3)31-22(28)27-14-19(15-27)26-21(24-4)25-13-17-6-5-7-18(12-17)16-30-20-8-10-29-11-9-20;/h5-7,12,19-20H,8-11,13-16H2,1-4H3,(H2,24,25,26);1H. The van der Waals surface area contributed by atoms with Gasteiger partial charge in [0.25, 0.3) is 0 Å². The summed E-state index contributed by atoms with van der Waals surface area (Å²) in [6, 6.07) is 8.56. The summed E-state index contributed by atoms with van der Waals surface area (Å²) in [5, 5.41) is 6.70. The fourth-order valence-electron chi connectivity index (χ4n) is 3.51. The Morgan fingerprint density at radius 2 is 1.91 bits per heavy atom. The Bertz CT molecular complexity index is 757. The fraction of sp³-hybridized carbons (Fsp3) is 0.652. The van der Waals surface area contributed by atoms with Crippen LogP contribution in [-0.4, -0.2) is 68.1 Å². The molecule has 180 valence electrons. The number of carbonyl (C=O) groups excluding carboxylic acids is 1. The van der Waals surface area contributed by atoms with Gasteiger partial charge < -0.3 is 29.7 Å². The number of likely N-dealkylation sites (tertiary alicyclic amines) is 1. The van der Waals surface area contributed by atoms with Crippen LogP contribution in [0.5, 0.6) is 0 Å². The van der Waals surface area contributed by atoms with Crippen LogP contribution in [0.4, 0.5) is 4.79 Å². The first-order valence-electron chi connectivity index (χ1n) is 11.0. The zero-order valence-electron chi connectivity index (χ0n) is 19.6. The first-order chi connectivity index (χ1) is 14.8. The summed E-state index contributed by atoms with van der Waals surface area (Å²) in [5.74, 6) is 0.720. The number of hydrogen-bond donors (Lipinski definition) is 2. The molecule has 0 aromatic heterocycles. The van der Waals surface area contributed by atoms with Crippen LogP contribution in [0.3, 0.4) is 0 Å². The van der Waals surface area contributed by atoms with Gasteiger partial charge in [-0.2, -0.15) is 0 Å². The van der Waals surface area contributed by atoms with Gasteiger partial charge in [-0.25, -0.2) is 4.79 Å². The van der Waals surface area contributed by atoms with E-state index < -0.39 is 5.60 Å². The van der Waals surface area contributed by atoms with Crippen molar-refractivity contribution in [3.8, 4) is 0 Å². The maximum atomic E-state index is 12.1. The molecule has 8 nitrogen and oxygen atoms in total. The SMILES string of the molecule is CN=C(NCc1cccc(COC2CCOCC2)c1)NC1CN(C(=O)OC(C)(C)C)C1.I. The summed E-state index contributed by atoms with van der Waals surface area (Å²) in [4.78, 5) is 18.0. The summed E-state index contributed by atoms with van der Waals surface area (Å²) in [5.41, 5.74) is 1.86. The lowest BCUT2D eigenvalue weighted by Crippen LogP contribution is -2.63. The number of aliphatic imine (C=N–C) groups is 1. The Labute approximate surface area is 208 Å². The topological polar surface area (TPSA) is 84.4 Å². The minimum atomic E-state index is -0.475. The van der Waals surface area contributed by atoms with Crippen molar-refractivity contribution in [2.24, 2.45) is 4.99 Å². The first kappa shape index (κ1) is 26.7. The summed E-state index contributed by atoms with van der Waals surface area (Å²) in [6.45, 7) is 9.69. The van der Waals surface area contributed by atoms with Crippen molar-refractivity contribution in [2.75, 3.05) is 33.4 Å². The van der Waals surface area contributed by atoms with E-state index in [0.29, 0.717) is 32.3 Å². The molecule has 0 saturated carbocycles. The van der Waals surface area contributed by atoms with E-state index in [1.807, 2.05) is 20.8 Å². The van der Waals surface area contributed by atoms with Gasteiger partial charge in [-0.15, -0.1) is 24.0 Å². The van der Waals surface area contributed by atoms with Crippen LogP contribution in [0.1, 0.15) is 44.7 Å². The Morgan fingerprint density at radius 1 is 1.22 bits per heavy atom. The van der Waals surface area contributed by atoms with Gasteiger partial charge in [0.15, 0.2) is 5.96 Å². The van der Waals surface area contributed by atoms with Crippen LogP contribution in [0, 0.1) is 0 Å². The second-order valence-electron chi connectivity index (χ2n) is 9.10. The maximum Gasteiger partial charge on any atom is 0.410 e. The molecule has 1 aromatic rings. The molecule has 0 unspecified atom stereocenters. The third kappa shape index (κ3) is 8.74. The van der Waals surface area contributed by atoms with Crippen molar-refractivity contribution in [3.63, 3.8) is 0 Å². The molecule has 2 aliphatic rings. The van der Waals surface area contributed by atoms with Crippen LogP contribution < -0.4 is 10.6 Å². The molecular formula is C23H37IN4O4. The van der Waals surface area contributed by atoms with Crippen LogP contribution >= 0.6 is 24.0 Å². The fourth-order valence-corrected chi connectivity index (χ4v) is 3.51. The number of amides is 1. The van der Waals surface area contributed by atoms with Crippen molar-refractivity contribution in [1.29, 1.82) is 0 Å². The van der Waals surface area contributed by atoms with Crippen LogP contribution in [0.25, 0.3) is 0 Å². The molecule has 32 heavy (non-hydrogen) atoms. The predicted octanol–water partition coefficient (Wildman–Crippen LogP) is 3.28. The summed E-state index contributed by atoms with van der Waals surface area (Å²) in [6.07, 6.45) is 1.96. The molecule has 0 spiro atoms. The molecule has 2 heterocycles. The number of rotatable bonds is 6. The van der Waals surface area contributed by atoms with Crippen LogP contribution in [-0.2, 0) is 27.4 Å². The van der Waals surface area contributed by atoms with E-state index in [9.17, 15) is 4.79 Å². The van der Waals surface area contributed by atoms with Crippen molar-refractivity contribution < 1.29 is 19.0 Å². The van der Waals surface area contributed by atoms with Crippen molar-refractivity contribution in [2.45, 2.75) is 64.5 Å². The molecule has 9 heteroatoms. The molecule has 0 bridgehead atoms. The molecular weight excluding hydrogens is 523 g/mol. The highest BCUT2D eigenvalue weighted by molar-refractivity contribution is 14.0. The molecule has 2 aliphatic heterocycles. The Morgan fingerprint density at radius 3 is 2.56 bits per heavy atom. The number of hydrogen-bond acceptors (Lipinski definition) is 5. The van der Waals surface area contributed by atoms with Gasteiger partial charge in [0.1, 0.15) is 5.60 Å². The molecule has 2 saturated heterocycles. The zero-order valence-corrected chi connectivity index (χ0v) is 21.9. The number of nitrogens with zero attached hydrogens (tertiary/aromatic N) is 2. The molecule has 1 aromatic carbocycles. The highest BCUT2D eigenvalue weighted by atomic mass is 127. The van der Waals surface area contributed by atoms with Gasteiger partial charge >= 0.3 is 6.09 Å². The number of ether oxygens (including phenoxy) is 3. The van der Waals surface area contributed by atoms with E-state index in [1.54, 1.807) is 11.9 Å². The summed E-state index contributed by atoms with van der Waals surface area (Å²) < 4.78 is 16.8. The number of benzene rings is 1. The number of guanidine groups is 1. The quantitative estimate of drug-likeness (QED) is 0.316. The lowest BCUT2D eigenvalue weighted by Gasteiger charge is -2.40. The summed E-state index contributed by atoms with van der Waals surface area (Å²) >= 11 is 0. The van der Waals surface area contributed by atoms with Crippen molar-refractivity contribution in [3.05, 3.63) is 35.4 Å². The van der Waals surface area contributed by atoms with E-state index in [4.69, 9.17) is 14.2 Å². The van der Waals surface area contributed by atoms with E-state index in [-0.39, 0.29) is 36.1 Å². The van der Waals surface area contributed by atoms with E-state index in [0.717, 1.165) is 32.0 Å². The predicted molar refractivity (Wildman–Crippen MR) is 135 cm³/mol.